The molecular formula is C24H30FN3O4S. The van der Waals surface area contributed by atoms with Crippen molar-refractivity contribution in [2.45, 2.75) is 44.9 Å². The van der Waals surface area contributed by atoms with E-state index in [0.29, 0.717) is 29.7 Å². The zero-order valence-corrected chi connectivity index (χ0v) is 19.9. The molecule has 1 saturated heterocycles. The Kier molecular flexibility index (Phi) is 7.54. The average molecular weight is 476 g/mol. The number of anilines is 1. The molecule has 0 unspecified atom stereocenters. The van der Waals surface area contributed by atoms with Crippen molar-refractivity contribution >= 4 is 27.5 Å². The Morgan fingerprint density at radius 1 is 1.03 bits per heavy atom. The molecule has 3 rings (SSSR count). The molecule has 0 atom stereocenters. The molecular weight excluding hydrogens is 445 g/mol. The van der Waals surface area contributed by atoms with Crippen LogP contribution in [0.15, 0.2) is 48.5 Å². The summed E-state index contributed by atoms with van der Waals surface area (Å²) >= 11 is 0. The second-order valence-corrected chi connectivity index (χ2v) is 11.3. The zero-order chi connectivity index (χ0) is 24.2. The van der Waals surface area contributed by atoms with Gasteiger partial charge in [0.15, 0.2) is 0 Å². The number of carbonyl (C=O) groups is 2. The lowest BCUT2D eigenvalue weighted by atomic mass is 9.97. The van der Waals surface area contributed by atoms with Crippen molar-refractivity contribution in [1.29, 1.82) is 0 Å². The predicted octanol–water partition coefficient (Wildman–Crippen LogP) is 3.53. The number of nitrogens with zero attached hydrogens (tertiary/aromatic N) is 1. The first kappa shape index (κ1) is 24.9. The summed E-state index contributed by atoms with van der Waals surface area (Å²) in [5, 5.41) is 5.73. The highest BCUT2D eigenvalue weighted by Gasteiger charge is 2.31. The lowest BCUT2D eigenvalue weighted by Crippen LogP contribution is -2.42. The van der Waals surface area contributed by atoms with Gasteiger partial charge in [-0.1, -0.05) is 24.3 Å². The SMILES string of the molecule is CC(C)(C)NC(=O)c1ccccc1NC(=O)C1CCN(S(=O)(=O)Cc2ccc(F)cc2)CC1. The minimum absolute atomic E-state index is 0.208. The molecule has 33 heavy (non-hydrogen) atoms. The van der Waals surface area contributed by atoms with Crippen LogP contribution in [0.1, 0.15) is 49.5 Å². The van der Waals surface area contributed by atoms with Crippen LogP contribution in [0.2, 0.25) is 0 Å². The van der Waals surface area contributed by atoms with Crippen LogP contribution in [0.4, 0.5) is 10.1 Å². The van der Waals surface area contributed by atoms with Crippen molar-refractivity contribution in [2.75, 3.05) is 18.4 Å². The van der Waals surface area contributed by atoms with Gasteiger partial charge in [-0.3, -0.25) is 9.59 Å². The monoisotopic (exact) mass is 475 g/mol. The number of piperidine rings is 1. The second-order valence-electron chi connectivity index (χ2n) is 9.29. The minimum Gasteiger partial charge on any atom is -0.347 e. The van der Waals surface area contributed by atoms with E-state index in [0.717, 1.165) is 0 Å². The van der Waals surface area contributed by atoms with Gasteiger partial charge < -0.3 is 10.6 Å². The second kappa shape index (κ2) is 10.0. The molecule has 1 aliphatic heterocycles. The van der Waals surface area contributed by atoms with Crippen LogP contribution in [-0.2, 0) is 20.6 Å². The summed E-state index contributed by atoms with van der Waals surface area (Å²) in [4.78, 5) is 25.5. The molecule has 0 saturated carbocycles. The molecule has 178 valence electrons. The number of carbonyl (C=O) groups excluding carboxylic acids is 2. The zero-order valence-electron chi connectivity index (χ0n) is 19.1. The maximum Gasteiger partial charge on any atom is 0.253 e. The molecule has 0 bridgehead atoms. The highest BCUT2D eigenvalue weighted by Crippen LogP contribution is 2.24. The number of halogens is 1. The summed E-state index contributed by atoms with van der Waals surface area (Å²) in [5.41, 5.74) is 0.901. The Hall–Kier alpha value is -2.78. The number of nitrogens with one attached hydrogen (secondary N) is 2. The number of rotatable bonds is 6. The van der Waals surface area contributed by atoms with Crippen molar-refractivity contribution in [3.63, 3.8) is 0 Å². The van der Waals surface area contributed by atoms with Gasteiger partial charge in [-0.2, -0.15) is 0 Å². The quantitative estimate of drug-likeness (QED) is 0.668. The molecule has 1 aliphatic rings. The van der Waals surface area contributed by atoms with Gasteiger partial charge in [0, 0.05) is 24.5 Å². The largest absolute Gasteiger partial charge is 0.347 e. The van der Waals surface area contributed by atoms with Gasteiger partial charge in [0.2, 0.25) is 15.9 Å². The fourth-order valence-corrected chi connectivity index (χ4v) is 5.27. The maximum atomic E-state index is 13.1. The molecule has 9 heteroatoms. The summed E-state index contributed by atoms with van der Waals surface area (Å²) in [6, 6.07) is 12.2. The van der Waals surface area contributed by atoms with E-state index < -0.39 is 21.4 Å². The van der Waals surface area contributed by atoms with E-state index in [1.54, 1.807) is 24.3 Å². The van der Waals surface area contributed by atoms with Gasteiger partial charge in [-0.25, -0.2) is 17.1 Å². The van der Waals surface area contributed by atoms with Crippen molar-refractivity contribution in [1.82, 2.24) is 9.62 Å². The van der Waals surface area contributed by atoms with Crippen LogP contribution < -0.4 is 10.6 Å². The summed E-state index contributed by atoms with van der Waals surface area (Å²) in [6.45, 7) is 6.10. The third kappa shape index (κ3) is 6.85. The number of sulfonamides is 1. The van der Waals surface area contributed by atoms with Gasteiger partial charge in [-0.15, -0.1) is 0 Å². The van der Waals surface area contributed by atoms with E-state index in [9.17, 15) is 22.4 Å². The lowest BCUT2D eigenvalue weighted by Gasteiger charge is -2.30. The molecule has 7 nitrogen and oxygen atoms in total. The molecule has 0 spiro atoms. The van der Waals surface area contributed by atoms with Gasteiger partial charge in [0.05, 0.1) is 17.0 Å². The summed E-state index contributed by atoms with van der Waals surface area (Å²) < 4.78 is 39.9. The van der Waals surface area contributed by atoms with Crippen LogP contribution in [0.25, 0.3) is 0 Å². The normalized spacial score (nSPS) is 15.8. The summed E-state index contributed by atoms with van der Waals surface area (Å²) in [6.07, 6.45) is 0.760. The average Bonchev–Trinajstić information content (AvgIpc) is 2.74. The Labute approximate surface area is 194 Å². The number of amides is 2. The molecule has 2 aromatic carbocycles. The molecule has 0 radical (unpaired) electrons. The van der Waals surface area contributed by atoms with Crippen LogP contribution >= 0.6 is 0 Å². The van der Waals surface area contributed by atoms with E-state index in [1.165, 1.54) is 28.6 Å². The molecule has 1 heterocycles. The number of benzene rings is 2. The standard InChI is InChI=1S/C24H30FN3O4S/c1-24(2,3)27-23(30)20-6-4-5-7-21(20)26-22(29)18-12-14-28(15-13-18)33(31,32)16-17-8-10-19(25)11-9-17/h4-11,18H,12-16H2,1-3H3,(H,26,29)(H,27,30). The topological polar surface area (TPSA) is 95.6 Å². The molecule has 2 N–H and O–H groups in total. The number of hydrogen-bond donors (Lipinski definition) is 2. The maximum absolute atomic E-state index is 13.1. The highest BCUT2D eigenvalue weighted by atomic mass is 32.2. The van der Waals surface area contributed by atoms with E-state index in [-0.39, 0.29) is 36.6 Å². The van der Waals surface area contributed by atoms with Crippen LogP contribution in [0, 0.1) is 11.7 Å². The van der Waals surface area contributed by atoms with Gasteiger partial charge in [0.1, 0.15) is 5.82 Å². The number of hydrogen-bond acceptors (Lipinski definition) is 4. The smallest absolute Gasteiger partial charge is 0.253 e. The molecule has 1 fully saturated rings. The number of para-hydroxylation sites is 1. The molecule has 0 aromatic heterocycles. The summed E-state index contributed by atoms with van der Waals surface area (Å²) in [5.74, 6) is -1.50. The van der Waals surface area contributed by atoms with E-state index in [4.69, 9.17) is 0 Å². The van der Waals surface area contributed by atoms with Crippen molar-refractivity contribution in [3.8, 4) is 0 Å². The first-order valence-electron chi connectivity index (χ1n) is 10.9. The fourth-order valence-electron chi connectivity index (χ4n) is 3.71. The fraction of sp³-hybridized carbons (Fsp3) is 0.417. The van der Waals surface area contributed by atoms with Gasteiger partial charge >= 0.3 is 0 Å². The Balaban J connectivity index is 1.60. The highest BCUT2D eigenvalue weighted by molar-refractivity contribution is 7.88. The van der Waals surface area contributed by atoms with E-state index in [2.05, 4.69) is 10.6 Å². The van der Waals surface area contributed by atoms with Crippen LogP contribution in [-0.4, -0.2) is 43.2 Å². The molecule has 2 aromatic rings. The lowest BCUT2D eigenvalue weighted by molar-refractivity contribution is -0.120. The van der Waals surface area contributed by atoms with Crippen molar-refractivity contribution in [3.05, 3.63) is 65.5 Å². The van der Waals surface area contributed by atoms with Gasteiger partial charge in [0.25, 0.3) is 5.91 Å². The Morgan fingerprint density at radius 3 is 2.24 bits per heavy atom. The van der Waals surface area contributed by atoms with Crippen LogP contribution in [0.5, 0.6) is 0 Å². The first-order chi connectivity index (χ1) is 15.4. The van der Waals surface area contributed by atoms with Crippen molar-refractivity contribution < 1.29 is 22.4 Å². The Morgan fingerprint density at radius 2 is 1.64 bits per heavy atom. The molecule has 0 aliphatic carbocycles. The van der Waals surface area contributed by atoms with Crippen molar-refractivity contribution in [2.24, 2.45) is 5.92 Å². The minimum atomic E-state index is -3.57. The predicted molar refractivity (Wildman–Crippen MR) is 126 cm³/mol. The first-order valence-corrected chi connectivity index (χ1v) is 12.5. The van der Waals surface area contributed by atoms with E-state index in [1.807, 2.05) is 20.8 Å². The summed E-state index contributed by atoms with van der Waals surface area (Å²) in [7, 11) is -3.57. The van der Waals surface area contributed by atoms with E-state index >= 15 is 0 Å². The van der Waals surface area contributed by atoms with Gasteiger partial charge in [-0.05, 0) is 63.4 Å². The third-order valence-electron chi connectivity index (χ3n) is 5.40. The third-order valence-corrected chi connectivity index (χ3v) is 7.25. The molecule has 2 amide bonds. The van der Waals surface area contributed by atoms with Crippen LogP contribution in [0.3, 0.4) is 0 Å². The Bertz CT molecular complexity index is 1100.